The number of rotatable bonds is 7. The average Bonchev–Trinajstić information content (AvgIpc) is 2.99. The molecule has 0 bridgehead atoms. The lowest BCUT2D eigenvalue weighted by Crippen LogP contribution is -2.29. The fraction of sp³-hybridized carbons (Fsp3) is 0.389. The van der Waals surface area contributed by atoms with Crippen molar-refractivity contribution in [1.82, 2.24) is 10.3 Å². The van der Waals surface area contributed by atoms with E-state index in [1.165, 1.54) is 7.11 Å². The quantitative estimate of drug-likeness (QED) is 0.607. The predicted molar refractivity (Wildman–Crippen MR) is 99.3 cm³/mol. The Kier molecular flexibility index (Phi) is 6.52. The van der Waals surface area contributed by atoms with Gasteiger partial charge in [0.1, 0.15) is 13.7 Å². The minimum Gasteiger partial charge on any atom is -0.472 e. The number of amides is 1. The maximum absolute atomic E-state index is 12.1. The monoisotopic (exact) mass is 361 g/mol. The molecular formula is C18H23N3O3S. The van der Waals surface area contributed by atoms with Crippen LogP contribution in [-0.2, 0) is 16.2 Å². The highest BCUT2D eigenvalue weighted by atomic mass is 32.1. The second-order valence-electron chi connectivity index (χ2n) is 5.72. The van der Waals surface area contributed by atoms with E-state index in [1.807, 2.05) is 31.2 Å². The van der Waals surface area contributed by atoms with Crippen LogP contribution in [0.4, 0.5) is 0 Å². The van der Waals surface area contributed by atoms with Gasteiger partial charge >= 0.3 is 0 Å². The van der Waals surface area contributed by atoms with Gasteiger partial charge in [-0.15, -0.1) is 11.3 Å². The molecule has 0 saturated heterocycles. The number of benzene rings is 1. The Labute approximate surface area is 151 Å². The molecule has 0 aliphatic rings. The molecule has 0 unspecified atom stereocenters. The maximum atomic E-state index is 12.1. The second-order valence-corrected chi connectivity index (χ2v) is 6.95. The van der Waals surface area contributed by atoms with Crippen molar-refractivity contribution in [3.63, 3.8) is 0 Å². The summed E-state index contributed by atoms with van der Waals surface area (Å²) in [6, 6.07) is 7.45. The van der Waals surface area contributed by atoms with E-state index in [2.05, 4.69) is 29.3 Å². The molecule has 1 aromatic heterocycles. The van der Waals surface area contributed by atoms with Crippen LogP contribution >= 0.6 is 11.3 Å². The molecule has 0 fully saturated rings. The first kappa shape index (κ1) is 18.9. The Bertz CT molecular complexity index is 769. The van der Waals surface area contributed by atoms with E-state index in [1.54, 1.807) is 18.4 Å². The van der Waals surface area contributed by atoms with Gasteiger partial charge in [-0.1, -0.05) is 43.3 Å². The Balaban J connectivity index is 2.26. The highest BCUT2D eigenvalue weighted by Gasteiger charge is 2.18. The van der Waals surface area contributed by atoms with E-state index >= 15 is 0 Å². The van der Waals surface area contributed by atoms with Crippen molar-refractivity contribution >= 4 is 23.0 Å². The molecule has 0 aliphatic carbocycles. The van der Waals surface area contributed by atoms with Gasteiger partial charge in [-0.25, -0.2) is 4.98 Å². The molecule has 7 heteroatoms. The Hall–Kier alpha value is -2.41. The number of aromatic nitrogens is 1. The molecule has 134 valence electrons. The first-order valence-electron chi connectivity index (χ1n) is 7.99. The van der Waals surface area contributed by atoms with Gasteiger partial charge in [-0.3, -0.25) is 4.79 Å². The molecule has 1 amide bonds. The van der Waals surface area contributed by atoms with E-state index < -0.39 is 0 Å². The molecule has 0 aliphatic heterocycles. The van der Waals surface area contributed by atoms with E-state index in [4.69, 9.17) is 9.57 Å². The third-order valence-electron chi connectivity index (χ3n) is 3.53. The number of likely N-dealkylation sites (N-methyl/N-ethyl adjacent to an activating group) is 1. The van der Waals surface area contributed by atoms with Crippen LogP contribution in [0.1, 0.15) is 40.8 Å². The van der Waals surface area contributed by atoms with E-state index in [0.29, 0.717) is 17.4 Å². The third kappa shape index (κ3) is 4.57. The van der Waals surface area contributed by atoms with Gasteiger partial charge in [0.05, 0.1) is 9.88 Å². The molecule has 0 radical (unpaired) electrons. The van der Waals surface area contributed by atoms with E-state index in [0.717, 1.165) is 15.4 Å². The van der Waals surface area contributed by atoms with Crippen molar-refractivity contribution in [3.05, 3.63) is 45.3 Å². The zero-order valence-electron chi connectivity index (χ0n) is 15.1. The number of aryl methyl sites for hydroxylation is 1. The largest absolute Gasteiger partial charge is 0.472 e. The lowest BCUT2D eigenvalue weighted by molar-refractivity contribution is -0.114. The van der Waals surface area contributed by atoms with Crippen molar-refractivity contribution in [2.24, 2.45) is 5.16 Å². The summed E-state index contributed by atoms with van der Waals surface area (Å²) in [6.07, 6.45) is 0. The summed E-state index contributed by atoms with van der Waals surface area (Å²) in [5.74, 6) is 0.678. The van der Waals surface area contributed by atoms with Crippen molar-refractivity contribution in [3.8, 4) is 5.88 Å². The fourth-order valence-corrected chi connectivity index (χ4v) is 3.10. The molecular weight excluding hydrogens is 338 g/mol. The van der Waals surface area contributed by atoms with Crippen molar-refractivity contribution < 1.29 is 14.4 Å². The highest BCUT2D eigenvalue weighted by molar-refractivity contribution is 7.11. The SMILES string of the molecule is CNC(=O)C(=NOC)c1ccccc1COc1nc(C(C)C)sc1C. The van der Waals surface area contributed by atoms with Gasteiger partial charge in [-0.2, -0.15) is 0 Å². The van der Waals surface area contributed by atoms with Gasteiger partial charge in [0.2, 0.25) is 5.88 Å². The summed E-state index contributed by atoms with van der Waals surface area (Å²) in [4.78, 5) is 22.5. The van der Waals surface area contributed by atoms with Crippen LogP contribution < -0.4 is 10.1 Å². The number of oxime groups is 1. The number of carbonyl (C=O) groups excluding carboxylic acids is 1. The fourth-order valence-electron chi connectivity index (χ4n) is 2.23. The van der Waals surface area contributed by atoms with Gasteiger partial charge in [0, 0.05) is 18.5 Å². The highest BCUT2D eigenvalue weighted by Crippen LogP contribution is 2.29. The van der Waals surface area contributed by atoms with Crippen LogP contribution in [0.15, 0.2) is 29.4 Å². The first-order chi connectivity index (χ1) is 12.0. The molecule has 2 aromatic rings. The number of nitrogens with zero attached hydrogens (tertiary/aromatic N) is 2. The van der Waals surface area contributed by atoms with Crippen LogP contribution in [0.25, 0.3) is 0 Å². The number of nitrogens with one attached hydrogen (secondary N) is 1. The molecule has 1 aromatic carbocycles. The number of ether oxygens (including phenoxy) is 1. The van der Waals surface area contributed by atoms with Crippen LogP contribution in [0, 0.1) is 6.92 Å². The van der Waals surface area contributed by atoms with Crippen molar-refractivity contribution in [1.29, 1.82) is 0 Å². The Morgan fingerprint density at radius 1 is 1.36 bits per heavy atom. The molecule has 25 heavy (non-hydrogen) atoms. The lowest BCUT2D eigenvalue weighted by Gasteiger charge is -2.11. The summed E-state index contributed by atoms with van der Waals surface area (Å²) in [7, 11) is 2.97. The second kappa shape index (κ2) is 8.62. The summed E-state index contributed by atoms with van der Waals surface area (Å²) in [5, 5.41) is 7.48. The van der Waals surface area contributed by atoms with Crippen LogP contribution in [-0.4, -0.2) is 30.8 Å². The number of carbonyl (C=O) groups is 1. The first-order valence-corrected chi connectivity index (χ1v) is 8.81. The summed E-state index contributed by atoms with van der Waals surface area (Å²) < 4.78 is 5.91. The molecule has 2 rings (SSSR count). The van der Waals surface area contributed by atoms with Crippen molar-refractivity contribution in [2.45, 2.75) is 33.3 Å². The molecule has 1 N–H and O–H groups in total. The van der Waals surface area contributed by atoms with Gasteiger partial charge in [-0.05, 0) is 12.5 Å². The average molecular weight is 361 g/mol. The number of hydrogen-bond donors (Lipinski definition) is 1. The summed E-state index contributed by atoms with van der Waals surface area (Å²) >= 11 is 1.64. The number of hydrogen-bond acceptors (Lipinski definition) is 6. The Morgan fingerprint density at radius 3 is 2.68 bits per heavy atom. The minimum atomic E-state index is -0.318. The van der Waals surface area contributed by atoms with Gasteiger partial charge < -0.3 is 14.9 Å². The van der Waals surface area contributed by atoms with Crippen LogP contribution in [0.2, 0.25) is 0 Å². The smallest absolute Gasteiger partial charge is 0.273 e. The third-order valence-corrected chi connectivity index (χ3v) is 4.78. The summed E-state index contributed by atoms with van der Waals surface area (Å²) in [6.45, 7) is 6.49. The predicted octanol–water partition coefficient (Wildman–Crippen LogP) is 3.25. The zero-order valence-corrected chi connectivity index (χ0v) is 15.9. The molecule has 0 spiro atoms. The number of thiazole rings is 1. The summed E-state index contributed by atoms with van der Waals surface area (Å²) in [5.41, 5.74) is 1.71. The molecule has 6 nitrogen and oxygen atoms in total. The zero-order chi connectivity index (χ0) is 18.4. The molecule has 0 atom stereocenters. The molecule has 0 saturated carbocycles. The van der Waals surface area contributed by atoms with Crippen LogP contribution in [0.5, 0.6) is 5.88 Å². The standard InChI is InChI=1S/C18H23N3O3S/c1-11(2)18-20-17(12(3)25-18)24-10-13-8-6-7-9-14(13)15(21-23-5)16(22)19-4/h6-9,11H,10H2,1-5H3,(H,19,22). The molecule has 1 heterocycles. The van der Waals surface area contributed by atoms with Crippen molar-refractivity contribution in [2.75, 3.05) is 14.2 Å². The van der Waals surface area contributed by atoms with Crippen LogP contribution in [0.3, 0.4) is 0 Å². The maximum Gasteiger partial charge on any atom is 0.273 e. The van der Waals surface area contributed by atoms with E-state index in [9.17, 15) is 4.79 Å². The topological polar surface area (TPSA) is 72.8 Å². The minimum absolute atomic E-state index is 0.210. The Morgan fingerprint density at radius 2 is 2.08 bits per heavy atom. The van der Waals surface area contributed by atoms with E-state index in [-0.39, 0.29) is 18.2 Å². The lowest BCUT2D eigenvalue weighted by atomic mass is 10.0. The van der Waals surface area contributed by atoms with Gasteiger partial charge in [0.15, 0.2) is 5.71 Å². The van der Waals surface area contributed by atoms with Gasteiger partial charge in [0.25, 0.3) is 5.91 Å². The normalized spacial score (nSPS) is 11.5.